The second kappa shape index (κ2) is 8.97. The van der Waals surface area contributed by atoms with E-state index in [1.54, 1.807) is 19.2 Å². The zero-order chi connectivity index (χ0) is 22.8. The smallest absolute Gasteiger partial charge is 0.220 e. The SMILES string of the molecule is COc1nc(/C(=C/[C@H]2CCC(=O)N2)c2ccc(OCc3nn[nH]n3)c(F)c2)ccc1C1CC1. The van der Waals surface area contributed by atoms with Crippen molar-refractivity contribution in [2.45, 2.75) is 44.2 Å². The van der Waals surface area contributed by atoms with Crippen LogP contribution >= 0.6 is 0 Å². The van der Waals surface area contributed by atoms with E-state index in [-0.39, 0.29) is 24.3 Å². The number of aromatic amines is 1. The van der Waals surface area contributed by atoms with Gasteiger partial charge in [0, 0.05) is 23.6 Å². The summed E-state index contributed by atoms with van der Waals surface area (Å²) in [5.41, 5.74) is 3.07. The Balaban J connectivity index is 1.47. The number of hydrogen-bond donors (Lipinski definition) is 2. The number of carbonyl (C=O) groups excluding carboxylic acids is 1. The predicted octanol–water partition coefficient (Wildman–Crippen LogP) is 2.91. The van der Waals surface area contributed by atoms with Gasteiger partial charge in [-0.2, -0.15) is 5.21 Å². The Morgan fingerprint density at radius 1 is 1.24 bits per heavy atom. The molecule has 1 aromatic carbocycles. The molecule has 2 aromatic heterocycles. The molecule has 5 rings (SSSR count). The number of halogens is 1. The molecule has 2 aliphatic rings. The van der Waals surface area contributed by atoms with Crippen molar-refractivity contribution in [3.8, 4) is 11.6 Å². The van der Waals surface area contributed by atoms with E-state index < -0.39 is 5.82 Å². The molecule has 1 saturated heterocycles. The van der Waals surface area contributed by atoms with E-state index in [0.717, 1.165) is 18.4 Å². The van der Waals surface area contributed by atoms with Crippen LogP contribution < -0.4 is 14.8 Å². The fourth-order valence-corrected chi connectivity index (χ4v) is 3.93. The Bertz CT molecular complexity index is 1190. The molecule has 9 nitrogen and oxygen atoms in total. The standard InChI is InChI=1S/C23H23FN6O3/c1-32-23-16(13-2-3-13)6-7-19(26-23)17(11-15-5-9-22(31)25-15)14-4-8-20(18(24)10-14)33-12-21-27-29-30-28-21/h4,6-8,10-11,13,15H,2-3,5,9,12H2,1H3,(H,25,31)(H,27,28,29,30)/b17-11+/t15-/m1/s1. The van der Waals surface area contributed by atoms with Gasteiger partial charge in [0.05, 0.1) is 12.8 Å². The largest absolute Gasteiger partial charge is 0.482 e. The van der Waals surface area contributed by atoms with Crippen molar-refractivity contribution in [2.24, 2.45) is 0 Å². The highest BCUT2D eigenvalue weighted by atomic mass is 19.1. The van der Waals surface area contributed by atoms with Gasteiger partial charge in [0.1, 0.15) is 0 Å². The van der Waals surface area contributed by atoms with Gasteiger partial charge >= 0.3 is 0 Å². The number of aromatic nitrogens is 5. The van der Waals surface area contributed by atoms with Crippen LogP contribution in [0.3, 0.4) is 0 Å². The van der Waals surface area contributed by atoms with Gasteiger partial charge in [0.25, 0.3) is 0 Å². The second-order valence-electron chi connectivity index (χ2n) is 8.12. The highest BCUT2D eigenvalue weighted by molar-refractivity contribution is 5.82. The Morgan fingerprint density at radius 2 is 2.12 bits per heavy atom. The molecule has 10 heteroatoms. The fourth-order valence-electron chi connectivity index (χ4n) is 3.93. The first-order valence-electron chi connectivity index (χ1n) is 10.8. The summed E-state index contributed by atoms with van der Waals surface area (Å²) < 4.78 is 26.0. The van der Waals surface area contributed by atoms with Crippen LogP contribution in [0, 0.1) is 5.82 Å². The van der Waals surface area contributed by atoms with Gasteiger partial charge in [-0.3, -0.25) is 4.79 Å². The van der Waals surface area contributed by atoms with Crippen molar-refractivity contribution in [3.63, 3.8) is 0 Å². The number of methoxy groups -OCH3 is 1. The van der Waals surface area contributed by atoms with Crippen LogP contribution in [0.2, 0.25) is 0 Å². The summed E-state index contributed by atoms with van der Waals surface area (Å²) in [4.78, 5) is 16.5. The lowest BCUT2D eigenvalue weighted by Gasteiger charge is -2.15. The maximum atomic E-state index is 14.9. The van der Waals surface area contributed by atoms with Gasteiger partial charge in [0.15, 0.2) is 18.2 Å². The number of nitrogens with zero attached hydrogens (tertiary/aromatic N) is 4. The van der Waals surface area contributed by atoms with E-state index in [9.17, 15) is 9.18 Å². The molecule has 170 valence electrons. The number of hydrogen-bond acceptors (Lipinski definition) is 7. The lowest BCUT2D eigenvalue weighted by atomic mass is 9.98. The molecule has 33 heavy (non-hydrogen) atoms. The number of H-pyrrole nitrogens is 1. The van der Waals surface area contributed by atoms with Gasteiger partial charge in [-0.15, -0.1) is 10.2 Å². The Kier molecular flexibility index (Phi) is 5.72. The Morgan fingerprint density at radius 3 is 2.79 bits per heavy atom. The summed E-state index contributed by atoms with van der Waals surface area (Å²) in [7, 11) is 1.61. The van der Waals surface area contributed by atoms with Crippen LogP contribution in [-0.4, -0.2) is 44.7 Å². The number of nitrogens with one attached hydrogen (secondary N) is 2. The maximum absolute atomic E-state index is 14.9. The molecule has 1 amide bonds. The van der Waals surface area contributed by atoms with Crippen LogP contribution in [0.15, 0.2) is 36.4 Å². The molecule has 1 aliphatic carbocycles. The van der Waals surface area contributed by atoms with Crippen LogP contribution in [0.4, 0.5) is 4.39 Å². The normalized spacial score (nSPS) is 18.3. The van der Waals surface area contributed by atoms with E-state index in [0.29, 0.717) is 47.3 Å². The molecule has 1 atom stereocenters. The molecular weight excluding hydrogens is 427 g/mol. The first kappa shape index (κ1) is 21.0. The lowest BCUT2D eigenvalue weighted by Crippen LogP contribution is -2.23. The van der Waals surface area contributed by atoms with Gasteiger partial charge in [-0.05, 0) is 48.9 Å². The maximum Gasteiger partial charge on any atom is 0.220 e. The highest BCUT2D eigenvalue weighted by Crippen LogP contribution is 2.44. The first-order chi connectivity index (χ1) is 16.1. The second-order valence-corrected chi connectivity index (χ2v) is 8.12. The lowest BCUT2D eigenvalue weighted by molar-refractivity contribution is -0.119. The van der Waals surface area contributed by atoms with Gasteiger partial charge in [0.2, 0.25) is 17.6 Å². The number of benzene rings is 1. The molecule has 0 spiro atoms. The van der Waals surface area contributed by atoms with E-state index >= 15 is 0 Å². The summed E-state index contributed by atoms with van der Waals surface area (Å²) in [6, 6.07) is 8.52. The first-order valence-corrected chi connectivity index (χ1v) is 10.8. The molecule has 0 bridgehead atoms. The number of amides is 1. The van der Waals surface area contributed by atoms with Crippen LogP contribution in [0.25, 0.3) is 5.57 Å². The van der Waals surface area contributed by atoms with E-state index in [1.807, 2.05) is 18.2 Å². The van der Waals surface area contributed by atoms with Crippen molar-refractivity contribution in [1.82, 2.24) is 30.9 Å². The van der Waals surface area contributed by atoms with Gasteiger partial charge in [-0.25, -0.2) is 9.37 Å². The van der Waals surface area contributed by atoms with Crippen LogP contribution in [0.1, 0.15) is 54.2 Å². The van der Waals surface area contributed by atoms with E-state index in [2.05, 4.69) is 25.9 Å². The third kappa shape index (κ3) is 4.69. The number of pyridine rings is 1. The average Bonchev–Trinajstić information content (AvgIpc) is 3.37. The number of tetrazole rings is 1. The third-order valence-electron chi connectivity index (χ3n) is 5.76. The quantitative estimate of drug-likeness (QED) is 0.542. The van der Waals surface area contributed by atoms with Crippen molar-refractivity contribution in [1.29, 1.82) is 0 Å². The Hall–Kier alpha value is -3.82. The summed E-state index contributed by atoms with van der Waals surface area (Å²) >= 11 is 0. The minimum Gasteiger partial charge on any atom is -0.482 e. The van der Waals surface area contributed by atoms with Gasteiger partial charge < -0.3 is 14.8 Å². The van der Waals surface area contributed by atoms with Gasteiger partial charge in [-0.1, -0.05) is 23.4 Å². The molecule has 2 N–H and O–H groups in total. The Labute approximate surface area is 189 Å². The molecule has 2 fully saturated rings. The third-order valence-corrected chi connectivity index (χ3v) is 5.76. The number of carbonyl (C=O) groups is 1. The zero-order valence-electron chi connectivity index (χ0n) is 18.0. The molecular formula is C23H23FN6O3. The van der Waals surface area contributed by atoms with Crippen LogP contribution in [0.5, 0.6) is 11.6 Å². The molecule has 0 unspecified atom stereocenters. The molecule has 1 saturated carbocycles. The van der Waals surface area contributed by atoms with Crippen LogP contribution in [-0.2, 0) is 11.4 Å². The predicted molar refractivity (Wildman–Crippen MR) is 116 cm³/mol. The summed E-state index contributed by atoms with van der Waals surface area (Å²) in [6.45, 7) is -0.00898. The van der Waals surface area contributed by atoms with E-state index in [4.69, 9.17) is 14.5 Å². The molecule has 3 aromatic rings. The zero-order valence-corrected chi connectivity index (χ0v) is 18.0. The number of ether oxygens (including phenoxy) is 2. The summed E-state index contributed by atoms with van der Waals surface area (Å²) in [6.07, 6.45) is 5.32. The highest BCUT2D eigenvalue weighted by Gasteiger charge is 2.28. The topological polar surface area (TPSA) is 115 Å². The monoisotopic (exact) mass is 450 g/mol. The molecule has 0 radical (unpaired) electrons. The minimum atomic E-state index is -0.529. The molecule has 3 heterocycles. The fraction of sp³-hybridized carbons (Fsp3) is 0.348. The summed E-state index contributed by atoms with van der Waals surface area (Å²) in [5.74, 6) is 0.934. The van der Waals surface area contributed by atoms with Crippen molar-refractivity contribution in [2.75, 3.05) is 7.11 Å². The molecule has 1 aliphatic heterocycles. The average molecular weight is 450 g/mol. The van der Waals surface area contributed by atoms with E-state index in [1.165, 1.54) is 6.07 Å². The summed E-state index contributed by atoms with van der Waals surface area (Å²) in [5, 5.41) is 16.3. The van der Waals surface area contributed by atoms with Crippen molar-refractivity contribution in [3.05, 3.63) is 64.9 Å². The number of rotatable bonds is 8. The van der Waals surface area contributed by atoms with Crippen molar-refractivity contribution >= 4 is 11.5 Å². The van der Waals surface area contributed by atoms with Crippen molar-refractivity contribution < 1.29 is 18.7 Å². The minimum absolute atomic E-state index is 0.00150.